The van der Waals surface area contributed by atoms with Gasteiger partial charge in [0.05, 0.1) is 6.54 Å². The quantitative estimate of drug-likeness (QED) is 0.454. The molecular weight excluding hydrogens is 190 g/mol. The fourth-order valence-corrected chi connectivity index (χ4v) is 0.561. The summed E-state index contributed by atoms with van der Waals surface area (Å²) in [6.45, 7) is 1.32. The van der Waals surface area contributed by atoms with Gasteiger partial charge in [0, 0.05) is 14.0 Å². The topological polar surface area (TPSA) is 111 Å². The second kappa shape index (κ2) is 4.95. The summed E-state index contributed by atoms with van der Waals surface area (Å²) in [5.41, 5.74) is 0. The summed E-state index contributed by atoms with van der Waals surface area (Å²) in [5.74, 6) is -2.11. The third-order valence-electron chi connectivity index (χ3n) is 1.32. The number of aliphatic carboxylic acids is 1. The number of carboxylic acid groups (broad SMARTS) is 1. The first-order chi connectivity index (χ1) is 6.34. The molecule has 0 aromatic carbocycles. The first kappa shape index (κ1) is 12.1. The molecule has 3 N–H and O–H groups in total. The highest BCUT2D eigenvalue weighted by Gasteiger charge is 2.18. The molecule has 1 aliphatic rings. The molecule has 0 unspecified atom stereocenters. The SMILES string of the molecule is CC(=O)C(=O)O.CN1CC(=O)NC1=N. The molecule has 1 saturated heterocycles. The van der Waals surface area contributed by atoms with E-state index in [9.17, 15) is 14.4 Å². The lowest BCUT2D eigenvalue weighted by molar-refractivity contribution is -0.148. The number of guanidine groups is 1. The van der Waals surface area contributed by atoms with Crippen LogP contribution >= 0.6 is 0 Å². The number of hydrogen-bond donors (Lipinski definition) is 3. The van der Waals surface area contributed by atoms with Gasteiger partial charge in [0.1, 0.15) is 0 Å². The van der Waals surface area contributed by atoms with E-state index in [1.54, 1.807) is 11.9 Å². The van der Waals surface area contributed by atoms with Crippen LogP contribution in [-0.4, -0.2) is 47.2 Å². The number of rotatable bonds is 1. The zero-order chi connectivity index (χ0) is 11.3. The minimum Gasteiger partial charge on any atom is -0.476 e. The Bertz CT molecular complexity index is 275. The average Bonchev–Trinajstić information content (AvgIpc) is 2.30. The molecule has 1 heterocycles. The standard InChI is InChI=1S/C4H7N3O.C3H4O3/c1-7-2-3(8)6-4(7)5;1-2(4)3(5)6/h2H2,1H3,(H2,5,6,8);1H3,(H,5,6). The van der Waals surface area contributed by atoms with Crippen LogP contribution < -0.4 is 5.32 Å². The van der Waals surface area contributed by atoms with Crippen LogP contribution in [0.3, 0.4) is 0 Å². The van der Waals surface area contributed by atoms with Crippen molar-refractivity contribution in [1.82, 2.24) is 10.2 Å². The van der Waals surface area contributed by atoms with Crippen LogP contribution in [0.25, 0.3) is 0 Å². The van der Waals surface area contributed by atoms with Crippen molar-refractivity contribution in [3.8, 4) is 0 Å². The Hall–Kier alpha value is -1.92. The molecule has 7 nitrogen and oxygen atoms in total. The Kier molecular flexibility index (Phi) is 4.27. The molecule has 0 aromatic rings. The minimum absolute atomic E-state index is 0.0995. The van der Waals surface area contributed by atoms with Crippen molar-refractivity contribution in [3.63, 3.8) is 0 Å². The van der Waals surface area contributed by atoms with Crippen molar-refractivity contribution in [2.45, 2.75) is 6.92 Å². The van der Waals surface area contributed by atoms with Crippen LogP contribution in [0, 0.1) is 5.41 Å². The molecule has 1 aliphatic heterocycles. The van der Waals surface area contributed by atoms with E-state index >= 15 is 0 Å². The molecule has 1 rings (SSSR count). The highest BCUT2D eigenvalue weighted by Crippen LogP contribution is 1.89. The zero-order valence-corrected chi connectivity index (χ0v) is 7.83. The lowest BCUT2D eigenvalue weighted by atomic mass is 10.5. The smallest absolute Gasteiger partial charge is 0.371 e. The fraction of sp³-hybridized carbons (Fsp3) is 0.429. The van der Waals surface area contributed by atoms with Crippen LogP contribution in [0.15, 0.2) is 0 Å². The van der Waals surface area contributed by atoms with E-state index < -0.39 is 11.8 Å². The summed E-state index contributed by atoms with van der Waals surface area (Å²) in [5, 5.41) is 17.0. The second-order valence-corrected chi connectivity index (χ2v) is 2.61. The Labute approximate surface area is 80.2 Å². The average molecular weight is 201 g/mol. The molecule has 0 aliphatic carbocycles. The van der Waals surface area contributed by atoms with E-state index in [2.05, 4.69) is 5.32 Å². The predicted octanol–water partition coefficient (Wildman–Crippen LogP) is -1.36. The van der Waals surface area contributed by atoms with E-state index in [-0.39, 0.29) is 11.9 Å². The highest BCUT2D eigenvalue weighted by molar-refractivity contribution is 6.31. The highest BCUT2D eigenvalue weighted by atomic mass is 16.4. The van der Waals surface area contributed by atoms with E-state index in [0.29, 0.717) is 6.54 Å². The van der Waals surface area contributed by atoms with Gasteiger partial charge in [-0.1, -0.05) is 0 Å². The van der Waals surface area contributed by atoms with Gasteiger partial charge in [0.25, 0.3) is 0 Å². The van der Waals surface area contributed by atoms with Gasteiger partial charge in [-0.15, -0.1) is 0 Å². The van der Waals surface area contributed by atoms with E-state index in [0.717, 1.165) is 6.92 Å². The lowest BCUT2D eigenvalue weighted by Gasteiger charge is -2.03. The maximum Gasteiger partial charge on any atom is 0.371 e. The Morgan fingerprint density at radius 1 is 1.57 bits per heavy atom. The van der Waals surface area contributed by atoms with Gasteiger partial charge in [-0.3, -0.25) is 20.3 Å². The Morgan fingerprint density at radius 3 is 2.07 bits per heavy atom. The van der Waals surface area contributed by atoms with E-state index in [4.69, 9.17) is 10.5 Å². The second-order valence-electron chi connectivity index (χ2n) is 2.61. The van der Waals surface area contributed by atoms with Gasteiger partial charge in [0.15, 0.2) is 5.96 Å². The van der Waals surface area contributed by atoms with Gasteiger partial charge in [-0.25, -0.2) is 4.79 Å². The largest absolute Gasteiger partial charge is 0.476 e. The van der Waals surface area contributed by atoms with Crippen LogP contribution in [0.5, 0.6) is 0 Å². The maximum atomic E-state index is 10.4. The van der Waals surface area contributed by atoms with Crippen LogP contribution in [-0.2, 0) is 14.4 Å². The van der Waals surface area contributed by atoms with Crippen molar-refractivity contribution >= 4 is 23.6 Å². The van der Waals surface area contributed by atoms with E-state index in [1.165, 1.54) is 0 Å². The zero-order valence-electron chi connectivity index (χ0n) is 7.83. The number of amides is 1. The van der Waals surface area contributed by atoms with Gasteiger partial charge in [0.2, 0.25) is 11.7 Å². The molecule has 78 valence electrons. The molecule has 0 bridgehead atoms. The number of nitrogens with zero attached hydrogens (tertiary/aromatic N) is 1. The number of Topliss-reactive ketones (excluding diaryl/α,β-unsaturated/α-hetero) is 1. The van der Waals surface area contributed by atoms with E-state index in [1.807, 2.05) is 0 Å². The number of carboxylic acids is 1. The number of hydrogen-bond acceptors (Lipinski definition) is 4. The summed E-state index contributed by atoms with van der Waals surface area (Å²) in [4.78, 5) is 30.8. The third kappa shape index (κ3) is 4.19. The van der Waals surface area contributed by atoms with Crippen LogP contribution in [0.1, 0.15) is 6.92 Å². The molecule has 0 radical (unpaired) electrons. The number of likely N-dealkylation sites (N-methyl/N-ethyl adjacent to an activating group) is 1. The van der Waals surface area contributed by atoms with Gasteiger partial charge < -0.3 is 10.0 Å². The van der Waals surface area contributed by atoms with Crippen molar-refractivity contribution in [2.24, 2.45) is 0 Å². The fourth-order valence-electron chi connectivity index (χ4n) is 0.561. The first-order valence-corrected chi connectivity index (χ1v) is 3.68. The summed E-state index contributed by atoms with van der Waals surface area (Å²) < 4.78 is 0. The number of carbonyl (C=O) groups excluding carboxylic acids is 2. The van der Waals surface area contributed by atoms with Gasteiger partial charge >= 0.3 is 5.97 Å². The molecule has 14 heavy (non-hydrogen) atoms. The summed E-state index contributed by atoms with van der Waals surface area (Å²) in [6, 6.07) is 0. The molecule has 0 saturated carbocycles. The number of ketones is 1. The van der Waals surface area contributed by atoms with Crippen molar-refractivity contribution in [3.05, 3.63) is 0 Å². The Balaban J connectivity index is 0.000000255. The van der Waals surface area contributed by atoms with Crippen LogP contribution in [0.2, 0.25) is 0 Å². The van der Waals surface area contributed by atoms with Crippen LogP contribution in [0.4, 0.5) is 0 Å². The molecular formula is C7H11N3O4. The molecule has 0 aromatic heterocycles. The van der Waals surface area contributed by atoms with Gasteiger partial charge in [-0.2, -0.15) is 0 Å². The minimum atomic E-state index is -1.38. The van der Waals surface area contributed by atoms with Crippen molar-refractivity contribution in [2.75, 3.05) is 13.6 Å². The molecule has 7 heteroatoms. The maximum absolute atomic E-state index is 10.4. The van der Waals surface area contributed by atoms with Gasteiger partial charge in [-0.05, 0) is 0 Å². The van der Waals surface area contributed by atoms with Crippen molar-refractivity contribution in [1.29, 1.82) is 5.41 Å². The monoisotopic (exact) mass is 201 g/mol. The molecule has 0 spiro atoms. The van der Waals surface area contributed by atoms with Crippen molar-refractivity contribution < 1.29 is 19.5 Å². The summed E-state index contributed by atoms with van der Waals surface area (Å²) >= 11 is 0. The first-order valence-electron chi connectivity index (χ1n) is 3.68. The lowest BCUT2D eigenvalue weighted by Crippen LogP contribution is -2.25. The number of nitrogens with one attached hydrogen (secondary N) is 2. The molecule has 1 amide bonds. The normalized spacial score (nSPS) is 14.3. The summed E-state index contributed by atoms with van der Waals surface area (Å²) in [7, 11) is 1.69. The Morgan fingerprint density at radius 2 is 2.00 bits per heavy atom. The number of carbonyl (C=O) groups is 3. The summed E-state index contributed by atoms with van der Waals surface area (Å²) in [6.07, 6.45) is 0. The molecule has 1 fully saturated rings. The predicted molar refractivity (Wildman–Crippen MR) is 46.8 cm³/mol. The third-order valence-corrected chi connectivity index (χ3v) is 1.32. The molecule has 0 atom stereocenters.